The summed E-state index contributed by atoms with van der Waals surface area (Å²) in [5, 5.41) is 0. The summed E-state index contributed by atoms with van der Waals surface area (Å²) in [6, 6.07) is 19.4. The molecule has 0 N–H and O–H groups in total. The van der Waals surface area contributed by atoms with Crippen LogP contribution in [0.4, 0.5) is 0 Å². The van der Waals surface area contributed by atoms with E-state index in [2.05, 4.69) is 0 Å². The van der Waals surface area contributed by atoms with E-state index in [0.29, 0.717) is 18.4 Å². The lowest BCUT2D eigenvalue weighted by Crippen LogP contribution is -2.40. The number of rotatable bonds is 12. The molecule has 1 heterocycles. The first-order chi connectivity index (χ1) is 16.4. The SMILES string of the molecule is CC1=CC(=O)N(CCCC(C)(OOC(C)(C)c2ccccc2)OOC(C)(C)c2ccccc2)C1=O. The standard InChI is InChI=1S/C28H35NO6/c1-21-20-24(30)29(25(21)31)19-13-18-28(6,34-32-26(2,3)22-14-9-7-10-15-22)35-33-27(4,5)23-16-11-8-12-17-23/h7-12,14-17,20H,13,18-19H2,1-6H3. The van der Waals surface area contributed by atoms with E-state index >= 15 is 0 Å². The average molecular weight is 482 g/mol. The first-order valence-electron chi connectivity index (χ1n) is 11.8. The number of carbonyl (C=O) groups is 2. The number of nitrogens with zero attached hydrogens (tertiary/aromatic N) is 1. The lowest BCUT2D eigenvalue weighted by Gasteiger charge is -2.35. The largest absolute Gasteiger partial charge is 0.275 e. The molecule has 7 heteroatoms. The van der Waals surface area contributed by atoms with E-state index in [1.165, 1.54) is 11.0 Å². The highest BCUT2D eigenvalue weighted by atomic mass is 17.3. The maximum atomic E-state index is 12.2. The lowest BCUT2D eigenvalue weighted by atomic mass is 9.99. The van der Waals surface area contributed by atoms with Crippen molar-refractivity contribution in [1.29, 1.82) is 0 Å². The molecule has 0 saturated carbocycles. The summed E-state index contributed by atoms with van der Waals surface area (Å²) in [6.45, 7) is 11.2. The van der Waals surface area contributed by atoms with E-state index in [-0.39, 0.29) is 18.4 Å². The predicted octanol–water partition coefficient (Wildman–Crippen LogP) is 5.56. The molecule has 2 aromatic carbocycles. The zero-order valence-electron chi connectivity index (χ0n) is 21.4. The van der Waals surface area contributed by atoms with Crippen LogP contribution in [0.25, 0.3) is 0 Å². The number of hydrogen-bond acceptors (Lipinski definition) is 6. The van der Waals surface area contributed by atoms with Crippen molar-refractivity contribution in [3.8, 4) is 0 Å². The molecule has 0 radical (unpaired) electrons. The van der Waals surface area contributed by atoms with Crippen molar-refractivity contribution in [2.75, 3.05) is 6.54 Å². The number of carbonyl (C=O) groups excluding carboxylic acids is 2. The van der Waals surface area contributed by atoms with E-state index in [0.717, 1.165) is 11.1 Å². The molecule has 1 aliphatic rings. The zero-order valence-corrected chi connectivity index (χ0v) is 21.4. The van der Waals surface area contributed by atoms with E-state index in [1.807, 2.05) is 88.4 Å². The Morgan fingerprint density at radius 3 is 1.57 bits per heavy atom. The van der Waals surface area contributed by atoms with Gasteiger partial charge in [-0.05, 0) is 59.1 Å². The van der Waals surface area contributed by atoms with Gasteiger partial charge in [0.25, 0.3) is 11.8 Å². The molecule has 1 aliphatic heterocycles. The molecule has 0 bridgehead atoms. The van der Waals surface area contributed by atoms with Crippen molar-refractivity contribution in [3.63, 3.8) is 0 Å². The van der Waals surface area contributed by atoms with Gasteiger partial charge in [-0.3, -0.25) is 14.5 Å². The van der Waals surface area contributed by atoms with Gasteiger partial charge in [-0.1, -0.05) is 60.7 Å². The molecule has 35 heavy (non-hydrogen) atoms. The summed E-state index contributed by atoms with van der Waals surface area (Å²) in [5.74, 6) is -1.90. The first-order valence-corrected chi connectivity index (χ1v) is 11.8. The molecule has 0 aromatic heterocycles. The third-order valence-electron chi connectivity index (χ3n) is 5.99. The average Bonchev–Trinajstić information content (AvgIpc) is 3.09. The quantitative estimate of drug-likeness (QED) is 0.171. The summed E-state index contributed by atoms with van der Waals surface area (Å²) in [5.41, 5.74) is 0.780. The smallest absolute Gasteiger partial charge is 0.256 e. The molecule has 3 rings (SSSR count). The number of imide groups is 1. The van der Waals surface area contributed by atoms with E-state index in [1.54, 1.807) is 13.8 Å². The van der Waals surface area contributed by atoms with Gasteiger partial charge in [0.15, 0.2) is 0 Å². The molecule has 188 valence electrons. The van der Waals surface area contributed by atoms with Crippen LogP contribution in [0.1, 0.15) is 65.5 Å². The Bertz CT molecular complexity index is 990. The molecule has 0 unspecified atom stereocenters. The van der Waals surface area contributed by atoms with Crippen LogP contribution in [0.5, 0.6) is 0 Å². The summed E-state index contributed by atoms with van der Waals surface area (Å²) in [7, 11) is 0. The highest BCUT2D eigenvalue weighted by Crippen LogP contribution is 2.33. The van der Waals surface area contributed by atoms with Gasteiger partial charge in [0.2, 0.25) is 5.79 Å². The lowest BCUT2D eigenvalue weighted by molar-refractivity contribution is -0.543. The fourth-order valence-electron chi connectivity index (χ4n) is 3.66. The van der Waals surface area contributed by atoms with Crippen LogP contribution in [0.2, 0.25) is 0 Å². The maximum absolute atomic E-state index is 12.2. The monoisotopic (exact) mass is 481 g/mol. The second-order valence-electron chi connectivity index (χ2n) is 9.95. The molecule has 0 atom stereocenters. The Morgan fingerprint density at radius 2 is 1.17 bits per heavy atom. The molecule has 2 amide bonds. The summed E-state index contributed by atoms with van der Waals surface area (Å²) in [4.78, 5) is 49.0. The summed E-state index contributed by atoms with van der Waals surface area (Å²) >= 11 is 0. The summed E-state index contributed by atoms with van der Waals surface area (Å²) < 4.78 is 0. The van der Waals surface area contributed by atoms with Crippen molar-refractivity contribution in [2.24, 2.45) is 0 Å². The van der Waals surface area contributed by atoms with Crippen LogP contribution in [0.3, 0.4) is 0 Å². The number of amides is 2. The molecule has 2 aromatic rings. The third kappa shape index (κ3) is 6.86. The van der Waals surface area contributed by atoms with Crippen molar-refractivity contribution in [2.45, 2.75) is 71.4 Å². The van der Waals surface area contributed by atoms with Crippen molar-refractivity contribution in [1.82, 2.24) is 4.90 Å². The van der Waals surface area contributed by atoms with E-state index in [4.69, 9.17) is 19.6 Å². The number of benzene rings is 2. The van der Waals surface area contributed by atoms with Crippen molar-refractivity contribution < 1.29 is 29.1 Å². The van der Waals surface area contributed by atoms with Gasteiger partial charge >= 0.3 is 0 Å². The Morgan fingerprint density at radius 1 is 0.714 bits per heavy atom. The van der Waals surface area contributed by atoms with Crippen LogP contribution in [-0.2, 0) is 40.3 Å². The Hall–Kier alpha value is -2.84. The minimum Gasteiger partial charge on any atom is -0.275 e. The second kappa shape index (κ2) is 10.8. The van der Waals surface area contributed by atoms with Gasteiger partial charge in [-0.25, -0.2) is 9.78 Å². The number of hydrogen-bond donors (Lipinski definition) is 0. The Balaban J connectivity index is 1.69. The van der Waals surface area contributed by atoms with Gasteiger partial charge < -0.3 is 0 Å². The van der Waals surface area contributed by atoms with Crippen LogP contribution < -0.4 is 0 Å². The molecule has 0 fully saturated rings. The van der Waals surface area contributed by atoms with Gasteiger partial charge in [-0.15, -0.1) is 0 Å². The van der Waals surface area contributed by atoms with E-state index in [9.17, 15) is 9.59 Å². The first kappa shape index (κ1) is 26.8. The van der Waals surface area contributed by atoms with Gasteiger partial charge in [-0.2, -0.15) is 9.78 Å². The van der Waals surface area contributed by atoms with Crippen molar-refractivity contribution >= 4 is 11.8 Å². The highest BCUT2D eigenvalue weighted by molar-refractivity contribution is 6.15. The molecular formula is C28H35NO6. The van der Waals surface area contributed by atoms with Crippen molar-refractivity contribution in [3.05, 3.63) is 83.4 Å². The minimum atomic E-state index is -1.31. The topological polar surface area (TPSA) is 74.3 Å². The predicted molar refractivity (Wildman–Crippen MR) is 131 cm³/mol. The highest BCUT2D eigenvalue weighted by Gasteiger charge is 2.37. The maximum Gasteiger partial charge on any atom is 0.256 e. The zero-order chi connectivity index (χ0) is 25.7. The Kier molecular flexibility index (Phi) is 8.28. The molecule has 7 nitrogen and oxygen atoms in total. The van der Waals surface area contributed by atoms with Crippen LogP contribution >= 0.6 is 0 Å². The molecular weight excluding hydrogens is 446 g/mol. The van der Waals surface area contributed by atoms with E-state index < -0.39 is 17.0 Å². The second-order valence-corrected chi connectivity index (χ2v) is 9.95. The summed E-state index contributed by atoms with van der Waals surface area (Å²) in [6.07, 6.45) is 2.09. The minimum absolute atomic E-state index is 0.234. The van der Waals surface area contributed by atoms with Gasteiger partial charge in [0.05, 0.1) is 0 Å². The molecule has 0 aliphatic carbocycles. The molecule has 0 saturated heterocycles. The van der Waals surface area contributed by atoms with Gasteiger partial charge in [0, 0.05) is 24.6 Å². The fourth-order valence-corrected chi connectivity index (χ4v) is 3.66. The van der Waals surface area contributed by atoms with Crippen LogP contribution in [0.15, 0.2) is 72.3 Å². The van der Waals surface area contributed by atoms with Gasteiger partial charge in [0.1, 0.15) is 11.2 Å². The Labute approximate surface area is 207 Å². The molecule has 0 spiro atoms. The third-order valence-corrected chi connectivity index (χ3v) is 5.99. The van der Waals surface area contributed by atoms with Crippen LogP contribution in [-0.4, -0.2) is 29.0 Å². The fraction of sp³-hybridized carbons (Fsp3) is 0.429. The normalized spacial score (nSPS) is 15.0. The van der Waals surface area contributed by atoms with Crippen LogP contribution in [0, 0.1) is 0 Å².